The highest BCUT2D eigenvalue weighted by molar-refractivity contribution is 7.92. The summed E-state index contributed by atoms with van der Waals surface area (Å²) in [6.07, 6.45) is 2.13. The van der Waals surface area contributed by atoms with Gasteiger partial charge in [-0.1, -0.05) is 72.9 Å². The van der Waals surface area contributed by atoms with Crippen LogP contribution in [0.3, 0.4) is 0 Å². The molecular formula is C28H30Cl2N2O4S. The van der Waals surface area contributed by atoms with Gasteiger partial charge >= 0.3 is 0 Å². The Morgan fingerprint density at radius 1 is 1.03 bits per heavy atom. The number of halogens is 2. The molecule has 4 rings (SSSR count). The summed E-state index contributed by atoms with van der Waals surface area (Å²) in [6, 6.07) is 18.2. The van der Waals surface area contributed by atoms with Gasteiger partial charge in [-0.15, -0.1) is 0 Å². The first-order valence-electron chi connectivity index (χ1n) is 12.2. The molecule has 3 aromatic carbocycles. The van der Waals surface area contributed by atoms with E-state index < -0.39 is 28.1 Å². The first-order chi connectivity index (χ1) is 17.6. The van der Waals surface area contributed by atoms with Crippen molar-refractivity contribution < 1.29 is 17.9 Å². The quantitative estimate of drug-likeness (QED) is 0.332. The van der Waals surface area contributed by atoms with Gasteiger partial charge in [0.2, 0.25) is 5.91 Å². The number of benzene rings is 3. The Kier molecular flexibility index (Phi) is 8.07. The number of sulfonamides is 1. The summed E-state index contributed by atoms with van der Waals surface area (Å²) in [5.74, 6) is 0.281. The fourth-order valence-corrected chi connectivity index (χ4v) is 6.56. The average molecular weight is 562 g/mol. The van der Waals surface area contributed by atoms with E-state index >= 15 is 0 Å². The smallest absolute Gasteiger partial charge is 0.264 e. The number of nitrogens with zero attached hydrogens (tertiary/aromatic N) is 1. The number of para-hydroxylation sites is 1. The number of fused-ring (bicyclic) bond motifs is 1. The van der Waals surface area contributed by atoms with Crippen LogP contribution < -0.4 is 14.4 Å². The van der Waals surface area contributed by atoms with Crippen LogP contribution in [0.4, 0.5) is 5.69 Å². The van der Waals surface area contributed by atoms with Crippen molar-refractivity contribution in [1.29, 1.82) is 0 Å². The van der Waals surface area contributed by atoms with Crippen molar-refractivity contribution in [1.82, 2.24) is 5.32 Å². The molecule has 6 nitrogen and oxygen atoms in total. The number of nitrogens with one attached hydrogen (secondary N) is 1. The second kappa shape index (κ2) is 10.9. The zero-order chi connectivity index (χ0) is 26.8. The molecule has 1 atom stereocenters. The predicted molar refractivity (Wildman–Crippen MR) is 148 cm³/mol. The number of hydrogen-bond acceptors (Lipinski definition) is 4. The van der Waals surface area contributed by atoms with Crippen LogP contribution in [-0.2, 0) is 14.8 Å². The highest BCUT2D eigenvalue weighted by atomic mass is 35.5. The molecule has 1 amide bonds. The number of amides is 1. The fourth-order valence-electron chi connectivity index (χ4n) is 4.64. The molecule has 0 aliphatic carbocycles. The minimum Gasteiger partial charge on any atom is -0.487 e. The van der Waals surface area contributed by atoms with E-state index in [4.69, 9.17) is 27.9 Å². The lowest BCUT2D eigenvalue weighted by Crippen LogP contribution is -2.47. The van der Waals surface area contributed by atoms with Crippen molar-refractivity contribution in [2.75, 3.05) is 10.8 Å². The molecule has 9 heteroatoms. The molecule has 0 radical (unpaired) electrons. The predicted octanol–water partition coefficient (Wildman–Crippen LogP) is 6.70. The van der Waals surface area contributed by atoms with Crippen LogP contribution in [0, 0.1) is 6.92 Å². The van der Waals surface area contributed by atoms with E-state index in [-0.39, 0.29) is 26.7 Å². The second-order valence-electron chi connectivity index (χ2n) is 9.31. The highest BCUT2D eigenvalue weighted by Gasteiger charge is 2.39. The van der Waals surface area contributed by atoms with E-state index in [0.29, 0.717) is 6.42 Å². The molecule has 0 spiro atoms. The summed E-state index contributed by atoms with van der Waals surface area (Å²) in [4.78, 5) is 13.5. The van der Waals surface area contributed by atoms with E-state index in [1.807, 2.05) is 31.2 Å². The molecule has 1 aliphatic rings. The Balaban J connectivity index is 1.68. The van der Waals surface area contributed by atoms with Gasteiger partial charge in [0, 0.05) is 22.0 Å². The molecule has 37 heavy (non-hydrogen) atoms. The van der Waals surface area contributed by atoms with Gasteiger partial charge in [-0.2, -0.15) is 0 Å². The molecule has 0 saturated heterocycles. The molecule has 1 heterocycles. The number of hydrogen-bond donors (Lipinski definition) is 1. The maximum Gasteiger partial charge on any atom is 0.264 e. The minimum atomic E-state index is -4.10. The molecule has 1 aliphatic heterocycles. The summed E-state index contributed by atoms with van der Waals surface area (Å²) in [6.45, 7) is 5.55. The van der Waals surface area contributed by atoms with Gasteiger partial charge in [0.05, 0.1) is 16.6 Å². The Labute approximate surface area is 228 Å². The van der Waals surface area contributed by atoms with E-state index in [0.717, 1.165) is 34.0 Å². The lowest BCUT2D eigenvalue weighted by Gasteiger charge is -2.41. The zero-order valence-corrected chi connectivity index (χ0v) is 23.3. The average Bonchev–Trinajstić information content (AvgIpc) is 2.86. The van der Waals surface area contributed by atoms with Crippen LogP contribution in [0.1, 0.15) is 50.3 Å². The largest absolute Gasteiger partial charge is 0.487 e. The van der Waals surface area contributed by atoms with Crippen molar-refractivity contribution in [3.63, 3.8) is 0 Å². The normalized spacial score (nSPS) is 16.4. The van der Waals surface area contributed by atoms with Crippen molar-refractivity contribution in [3.8, 4) is 5.75 Å². The first-order valence-corrected chi connectivity index (χ1v) is 14.4. The third-order valence-electron chi connectivity index (χ3n) is 6.85. The maximum absolute atomic E-state index is 13.7. The number of rotatable bonds is 8. The van der Waals surface area contributed by atoms with E-state index in [1.165, 1.54) is 30.3 Å². The second-order valence-corrected chi connectivity index (χ2v) is 12.0. The Bertz CT molecular complexity index is 1370. The van der Waals surface area contributed by atoms with Crippen LogP contribution in [0.2, 0.25) is 10.0 Å². The molecular weight excluding hydrogens is 531 g/mol. The number of anilines is 1. The monoisotopic (exact) mass is 560 g/mol. The molecule has 1 N–H and O–H groups in total. The van der Waals surface area contributed by atoms with E-state index in [9.17, 15) is 13.2 Å². The van der Waals surface area contributed by atoms with Gasteiger partial charge in [0.25, 0.3) is 10.0 Å². The SMILES string of the molecule is CCC1(CC)C[C@H](NC(=O)CN(c2cc(Cl)cc(Cl)c2)S(=O)(=O)c2ccc(C)cc2)c2ccccc2O1. The molecule has 3 aromatic rings. The first kappa shape index (κ1) is 27.3. The Hall–Kier alpha value is -2.74. The van der Waals surface area contributed by atoms with Gasteiger partial charge in [0.1, 0.15) is 17.9 Å². The summed E-state index contributed by atoms with van der Waals surface area (Å²) in [5, 5.41) is 3.60. The van der Waals surface area contributed by atoms with Gasteiger partial charge < -0.3 is 10.1 Å². The number of ether oxygens (including phenoxy) is 1. The maximum atomic E-state index is 13.7. The summed E-state index contributed by atoms with van der Waals surface area (Å²) in [7, 11) is -4.10. The standard InChI is InChI=1S/C28H30Cl2N2O4S/c1-4-28(5-2)17-25(24-8-6-7-9-26(24)36-28)31-27(33)18-32(22-15-20(29)14-21(30)16-22)37(34,35)23-12-10-19(3)11-13-23/h6-16,25H,4-5,17-18H2,1-3H3,(H,31,33)/t25-/m0/s1. The van der Waals surface area contributed by atoms with Crippen LogP contribution in [0.5, 0.6) is 5.75 Å². The van der Waals surface area contributed by atoms with Crippen molar-refractivity contribution in [2.45, 2.75) is 56.6 Å². The third-order valence-corrected chi connectivity index (χ3v) is 9.08. The zero-order valence-electron chi connectivity index (χ0n) is 21.0. The Morgan fingerprint density at radius 3 is 2.27 bits per heavy atom. The summed E-state index contributed by atoms with van der Waals surface area (Å²) >= 11 is 12.4. The molecule has 0 bridgehead atoms. The van der Waals surface area contributed by atoms with Crippen molar-refractivity contribution in [3.05, 3.63) is 87.9 Å². The van der Waals surface area contributed by atoms with Crippen molar-refractivity contribution >= 4 is 44.8 Å². The van der Waals surface area contributed by atoms with Crippen LogP contribution in [-0.4, -0.2) is 26.5 Å². The van der Waals surface area contributed by atoms with Gasteiger partial charge in [-0.3, -0.25) is 9.10 Å². The van der Waals surface area contributed by atoms with Crippen LogP contribution >= 0.6 is 23.2 Å². The molecule has 196 valence electrons. The highest BCUT2D eigenvalue weighted by Crippen LogP contribution is 2.42. The topological polar surface area (TPSA) is 75.7 Å². The molecule has 0 fully saturated rings. The van der Waals surface area contributed by atoms with E-state index in [2.05, 4.69) is 19.2 Å². The minimum absolute atomic E-state index is 0.0643. The fraction of sp³-hybridized carbons (Fsp3) is 0.321. The van der Waals surface area contributed by atoms with Crippen LogP contribution in [0.25, 0.3) is 0 Å². The number of carbonyl (C=O) groups excluding carboxylic acids is 1. The lowest BCUT2D eigenvalue weighted by atomic mass is 9.83. The molecule has 0 aromatic heterocycles. The van der Waals surface area contributed by atoms with E-state index in [1.54, 1.807) is 12.1 Å². The number of carbonyl (C=O) groups is 1. The number of aryl methyl sites for hydroxylation is 1. The van der Waals surface area contributed by atoms with Crippen LogP contribution in [0.15, 0.2) is 71.6 Å². The van der Waals surface area contributed by atoms with Gasteiger partial charge in [0.15, 0.2) is 0 Å². The lowest BCUT2D eigenvalue weighted by molar-refractivity contribution is -0.121. The third kappa shape index (κ3) is 5.89. The van der Waals surface area contributed by atoms with Crippen molar-refractivity contribution in [2.24, 2.45) is 0 Å². The summed E-state index contributed by atoms with van der Waals surface area (Å²) < 4.78 is 34.8. The molecule has 0 saturated carbocycles. The molecule has 0 unspecified atom stereocenters. The van der Waals surface area contributed by atoms with Gasteiger partial charge in [-0.25, -0.2) is 8.42 Å². The van der Waals surface area contributed by atoms with Gasteiger partial charge in [-0.05, 0) is 56.2 Å². The summed E-state index contributed by atoms with van der Waals surface area (Å²) in [5.41, 5.74) is 1.58. The Morgan fingerprint density at radius 2 is 1.65 bits per heavy atom.